The summed E-state index contributed by atoms with van der Waals surface area (Å²) in [6.07, 6.45) is -0.181. The van der Waals surface area contributed by atoms with E-state index in [1.54, 1.807) is 4.90 Å². The van der Waals surface area contributed by atoms with Crippen molar-refractivity contribution in [1.82, 2.24) is 0 Å². The highest BCUT2D eigenvalue weighted by molar-refractivity contribution is 6.30. The second-order valence-corrected chi connectivity index (χ2v) is 6.01. The smallest absolute Gasteiger partial charge is 0.342 e. The average Bonchev–Trinajstić information content (AvgIpc) is 2.97. The number of aromatic hydroxyl groups is 1. The van der Waals surface area contributed by atoms with Gasteiger partial charge in [-0.25, -0.2) is 4.79 Å². The highest BCUT2D eigenvalue weighted by Crippen LogP contribution is 2.28. The van der Waals surface area contributed by atoms with Crippen LogP contribution in [0.25, 0.3) is 0 Å². The van der Waals surface area contributed by atoms with E-state index in [9.17, 15) is 14.7 Å². The van der Waals surface area contributed by atoms with E-state index in [0.29, 0.717) is 11.6 Å². The Morgan fingerprint density at radius 1 is 1.25 bits per heavy atom. The third-order valence-electron chi connectivity index (χ3n) is 3.96. The number of hydrogen-bond acceptors (Lipinski definition) is 4. The molecule has 1 amide bonds. The van der Waals surface area contributed by atoms with E-state index in [1.807, 2.05) is 24.3 Å². The standard InChI is InChI=1S/C18H16ClNO4/c1-11(24-18(23)14-7-6-13(19)10-16(14)21)17(22)20-9-8-12-4-2-3-5-15(12)20/h2-7,10-11,21H,8-9H2,1H3/t11-/m0/s1. The van der Waals surface area contributed by atoms with Crippen LogP contribution < -0.4 is 4.90 Å². The van der Waals surface area contributed by atoms with E-state index in [1.165, 1.54) is 25.1 Å². The number of halogens is 1. The molecule has 1 heterocycles. The van der Waals surface area contributed by atoms with Crippen LogP contribution in [0.4, 0.5) is 5.69 Å². The van der Waals surface area contributed by atoms with Gasteiger partial charge in [0.15, 0.2) is 6.10 Å². The number of fused-ring (bicyclic) bond motifs is 1. The monoisotopic (exact) mass is 345 g/mol. The molecule has 0 aromatic heterocycles. The molecule has 3 rings (SSSR count). The Balaban J connectivity index is 1.72. The zero-order valence-electron chi connectivity index (χ0n) is 13.0. The maximum atomic E-state index is 12.6. The second kappa shape index (κ2) is 6.53. The summed E-state index contributed by atoms with van der Waals surface area (Å²) in [5.74, 6) is -1.34. The summed E-state index contributed by atoms with van der Waals surface area (Å²) in [7, 11) is 0. The van der Waals surface area contributed by atoms with Gasteiger partial charge in [-0.3, -0.25) is 4.79 Å². The lowest BCUT2D eigenvalue weighted by Crippen LogP contribution is -2.39. The Morgan fingerprint density at radius 2 is 2.00 bits per heavy atom. The Morgan fingerprint density at radius 3 is 2.75 bits per heavy atom. The SMILES string of the molecule is C[C@H](OC(=O)c1ccc(Cl)cc1O)C(=O)N1CCc2ccccc21. The third-order valence-corrected chi connectivity index (χ3v) is 4.20. The van der Waals surface area contributed by atoms with Crippen LogP contribution in [0, 0.1) is 0 Å². The van der Waals surface area contributed by atoms with E-state index in [0.717, 1.165) is 17.7 Å². The van der Waals surface area contributed by atoms with Gasteiger partial charge in [-0.2, -0.15) is 0 Å². The summed E-state index contributed by atoms with van der Waals surface area (Å²) in [6, 6.07) is 11.7. The third kappa shape index (κ3) is 3.08. The fraction of sp³-hybridized carbons (Fsp3) is 0.222. The van der Waals surface area contributed by atoms with Gasteiger partial charge >= 0.3 is 5.97 Å². The van der Waals surface area contributed by atoms with Crippen LogP contribution in [0.15, 0.2) is 42.5 Å². The zero-order valence-corrected chi connectivity index (χ0v) is 13.8. The number of phenols is 1. The van der Waals surface area contributed by atoms with Crippen molar-refractivity contribution in [2.45, 2.75) is 19.4 Å². The number of esters is 1. The quantitative estimate of drug-likeness (QED) is 0.868. The zero-order chi connectivity index (χ0) is 17.3. The molecule has 124 valence electrons. The maximum Gasteiger partial charge on any atom is 0.342 e. The van der Waals surface area contributed by atoms with Gasteiger partial charge in [0.1, 0.15) is 11.3 Å². The van der Waals surface area contributed by atoms with Crippen LogP contribution in [0.1, 0.15) is 22.8 Å². The van der Waals surface area contributed by atoms with Crippen molar-refractivity contribution in [2.24, 2.45) is 0 Å². The van der Waals surface area contributed by atoms with Crippen molar-refractivity contribution in [2.75, 3.05) is 11.4 Å². The van der Waals surface area contributed by atoms with E-state index in [2.05, 4.69) is 0 Å². The first-order valence-electron chi connectivity index (χ1n) is 7.56. The molecule has 1 aliphatic heterocycles. The van der Waals surface area contributed by atoms with Crippen molar-refractivity contribution in [3.8, 4) is 5.75 Å². The first-order valence-corrected chi connectivity index (χ1v) is 7.94. The van der Waals surface area contributed by atoms with Crippen LogP contribution in [0.5, 0.6) is 5.75 Å². The van der Waals surface area contributed by atoms with Gasteiger partial charge in [0.25, 0.3) is 5.91 Å². The minimum Gasteiger partial charge on any atom is -0.507 e. The van der Waals surface area contributed by atoms with Gasteiger partial charge in [-0.05, 0) is 43.2 Å². The molecule has 5 nitrogen and oxygen atoms in total. The fourth-order valence-corrected chi connectivity index (χ4v) is 2.90. The first kappa shape index (κ1) is 16.3. The van der Waals surface area contributed by atoms with Crippen molar-refractivity contribution in [3.63, 3.8) is 0 Å². The first-order chi connectivity index (χ1) is 11.5. The summed E-state index contributed by atoms with van der Waals surface area (Å²) in [5.41, 5.74) is 1.92. The summed E-state index contributed by atoms with van der Waals surface area (Å²) >= 11 is 5.74. The molecule has 0 aliphatic carbocycles. The number of phenolic OH excluding ortho intramolecular Hbond substituents is 1. The van der Waals surface area contributed by atoms with Crippen molar-refractivity contribution in [1.29, 1.82) is 0 Å². The number of amides is 1. The van der Waals surface area contributed by atoms with E-state index in [-0.39, 0.29) is 17.2 Å². The molecule has 0 saturated heterocycles. The molecule has 1 aliphatic rings. The summed E-state index contributed by atoms with van der Waals surface area (Å²) in [6.45, 7) is 2.08. The molecule has 0 saturated carbocycles. The number of hydrogen-bond donors (Lipinski definition) is 1. The Labute approximate surface area is 144 Å². The number of para-hydroxylation sites is 1. The van der Waals surface area contributed by atoms with Crippen molar-refractivity contribution >= 4 is 29.2 Å². The molecule has 6 heteroatoms. The van der Waals surface area contributed by atoms with Crippen molar-refractivity contribution in [3.05, 3.63) is 58.6 Å². The van der Waals surface area contributed by atoms with Gasteiger partial charge in [0, 0.05) is 17.3 Å². The number of nitrogens with zero attached hydrogens (tertiary/aromatic N) is 1. The van der Waals surface area contributed by atoms with E-state index >= 15 is 0 Å². The number of anilines is 1. The van der Waals surface area contributed by atoms with Gasteiger partial charge in [-0.1, -0.05) is 29.8 Å². The highest BCUT2D eigenvalue weighted by Gasteiger charge is 2.30. The lowest BCUT2D eigenvalue weighted by molar-refractivity contribution is -0.126. The minimum absolute atomic E-state index is 0.0270. The summed E-state index contributed by atoms with van der Waals surface area (Å²) < 4.78 is 5.21. The highest BCUT2D eigenvalue weighted by atomic mass is 35.5. The maximum absolute atomic E-state index is 12.6. The molecule has 0 unspecified atom stereocenters. The Kier molecular flexibility index (Phi) is 4.44. The normalized spacial score (nSPS) is 14.2. The average molecular weight is 346 g/mol. The van der Waals surface area contributed by atoms with Gasteiger partial charge in [0.2, 0.25) is 0 Å². The van der Waals surface area contributed by atoms with Crippen LogP contribution in [0.2, 0.25) is 5.02 Å². The fourth-order valence-electron chi connectivity index (χ4n) is 2.74. The molecule has 24 heavy (non-hydrogen) atoms. The van der Waals surface area contributed by atoms with Gasteiger partial charge < -0.3 is 14.7 Å². The molecule has 0 spiro atoms. The Hall–Kier alpha value is -2.53. The lowest BCUT2D eigenvalue weighted by Gasteiger charge is -2.21. The molecule has 0 fully saturated rings. The Bertz CT molecular complexity index is 805. The minimum atomic E-state index is -0.960. The number of rotatable bonds is 3. The van der Waals surface area contributed by atoms with Crippen LogP contribution in [-0.4, -0.2) is 29.6 Å². The van der Waals surface area contributed by atoms with Gasteiger partial charge in [-0.15, -0.1) is 0 Å². The number of benzene rings is 2. The molecule has 1 N–H and O–H groups in total. The predicted octanol–water partition coefficient (Wildman–Crippen LogP) is 3.18. The molecule has 2 aromatic carbocycles. The molecule has 1 atom stereocenters. The van der Waals surface area contributed by atoms with E-state index < -0.39 is 12.1 Å². The van der Waals surface area contributed by atoms with Crippen molar-refractivity contribution < 1.29 is 19.4 Å². The lowest BCUT2D eigenvalue weighted by atomic mass is 10.2. The number of carbonyl (C=O) groups excluding carboxylic acids is 2. The number of carbonyl (C=O) groups is 2. The topological polar surface area (TPSA) is 66.8 Å². The van der Waals surface area contributed by atoms with Crippen LogP contribution in [-0.2, 0) is 16.0 Å². The van der Waals surface area contributed by atoms with E-state index in [4.69, 9.17) is 16.3 Å². The molecule has 0 bridgehead atoms. The summed E-state index contributed by atoms with van der Waals surface area (Å²) in [4.78, 5) is 26.4. The second-order valence-electron chi connectivity index (χ2n) is 5.58. The van der Waals surface area contributed by atoms with Crippen LogP contribution in [0.3, 0.4) is 0 Å². The van der Waals surface area contributed by atoms with Crippen LogP contribution >= 0.6 is 11.6 Å². The summed E-state index contributed by atoms with van der Waals surface area (Å²) in [5, 5.41) is 10.1. The molecule has 0 radical (unpaired) electrons. The molecule has 2 aromatic rings. The molecular weight excluding hydrogens is 330 g/mol. The largest absolute Gasteiger partial charge is 0.507 e. The van der Waals surface area contributed by atoms with Gasteiger partial charge in [0.05, 0.1) is 0 Å². The molecular formula is C18H16ClNO4. The predicted molar refractivity (Wildman–Crippen MR) is 90.5 cm³/mol. The number of ether oxygens (including phenoxy) is 1.